The molecule has 0 bridgehead atoms. The highest BCUT2D eigenvalue weighted by atomic mass is 16.5. The van der Waals surface area contributed by atoms with Gasteiger partial charge < -0.3 is 23.5 Å². The number of amides is 2. The molecule has 0 N–H and O–H groups in total. The van der Waals surface area contributed by atoms with Crippen LogP contribution in [-0.2, 0) is 21.4 Å². The Labute approximate surface area is 173 Å². The number of hydrogen-bond acceptors (Lipinski definition) is 7. The van der Waals surface area contributed by atoms with Crippen molar-refractivity contribution in [3.8, 4) is 0 Å². The summed E-state index contributed by atoms with van der Waals surface area (Å²) in [6, 6.07) is 0. The van der Waals surface area contributed by atoms with Gasteiger partial charge in [-0.05, 0) is 26.7 Å². The normalized spacial score (nSPS) is 16.5. The van der Waals surface area contributed by atoms with E-state index in [-0.39, 0.29) is 53.3 Å². The van der Waals surface area contributed by atoms with E-state index in [0.29, 0.717) is 26.0 Å². The van der Waals surface area contributed by atoms with Crippen LogP contribution in [0.15, 0.2) is 15.5 Å². The van der Waals surface area contributed by atoms with Crippen molar-refractivity contribution >= 4 is 28.9 Å². The van der Waals surface area contributed by atoms with Crippen LogP contribution in [0.4, 0.5) is 0 Å². The maximum atomic E-state index is 13.0. The lowest BCUT2D eigenvalue weighted by Crippen LogP contribution is -2.47. The van der Waals surface area contributed by atoms with Crippen LogP contribution >= 0.6 is 0 Å². The maximum Gasteiger partial charge on any atom is 0.310 e. The number of aryl methyl sites for hydroxylation is 2. The minimum Gasteiger partial charge on any atom is -0.466 e. The zero-order chi connectivity index (χ0) is 22.0. The van der Waals surface area contributed by atoms with Gasteiger partial charge in [0, 0.05) is 27.2 Å². The molecule has 1 aliphatic heterocycles. The molecule has 2 aromatic rings. The topological polar surface area (TPSA) is 115 Å². The number of fused-ring (bicyclic) bond motifs is 1. The van der Waals surface area contributed by atoms with Gasteiger partial charge in [-0.25, -0.2) is 4.98 Å². The van der Waals surface area contributed by atoms with Crippen LogP contribution in [0, 0.1) is 12.8 Å². The molecule has 10 heteroatoms. The Morgan fingerprint density at radius 1 is 1.37 bits per heavy atom. The lowest BCUT2D eigenvalue weighted by Gasteiger charge is -2.32. The Morgan fingerprint density at radius 3 is 2.80 bits per heavy atom. The van der Waals surface area contributed by atoms with Crippen molar-refractivity contribution in [1.82, 2.24) is 19.4 Å². The number of piperidine rings is 1. The van der Waals surface area contributed by atoms with Gasteiger partial charge in [0.1, 0.15) is 17.5 Å². The Hall–Kier alpha value is -3.17. The van der Waals surface area contributed by atoms with Crippen LogP contribution in [0.1, 0.15) is 35.9 Å². The van der Waals surface area contributed by atoms with Gasteiger partial charge in [-0.1, -0.05) is 0 Å². The van der Waals surface area contributed by atoms with Crippen LogP contribution in [0.5, 0.6) is 0 Å². The fraction of sp³-hybridized carbons (Fsp3) is 0.550. The Balaban J connectivity index is 1.75. The summed E-state index contributed by atoms with van der Waals surface area (Å²) < 4.78 is 11.8. The van der Waals surface area contributed by atoms with E-state index < -0.39 is 11.5 Å². The Bertz CT molecular complexity index is 1040. The van der Waals surface area contributed by atoms with Gasteiger partial charge in [-0.15, -0.1) is 0 Å². The van der Waals surface area contributed by atoms with Gasteiger partial charge in [0.25, 0.3) is 11.5 Å². The minimum absolute atomic E-state index is 0.0898. The molecule has 2 aromatic heterocycles. The zero-order valence-corrected chi connectivity index (χ0v) is 17.6. The van der Waals surface area contributed by atoms with Crippen molar-refractivity contribution in [2.45, 2.75) is 26.7 Å². The molecule has 162 valence electrons. The number of furan rings is 1. The predicted octanol–water partition coefficient (Wildman–Crippen LogP) is 0.709. The standard InChI is InChI=1S/C20H26N4O6/c1-5-29-20(28)13-7-6-8-24(9-13)14(25)10-22(3)18(26)15-12(2)30-17-16(15)19(27)23(4)11-21-17/h11,13H,5-10H2,1-4H3. The molecule has 1 fully saturated rings. The minimum atomic E-state index is -0.497. The molecule has 1 aliphatic rings. The fourth-order valence-corrected chi connectivity index (χ4v) is 3.67. The average Bonchev–Trinajstić information content (AvgIpc) is 3.07. The smallest absolute Gasteiger partial charge is 0.310 e. The summed E-state index contributed by atoms with van der Waals surface area (Å²) in [5.41, 5.74) is -0.197. The van der Waals surface area contributed by atoms with Gasteiger partial charge in [-0.2, -0.15) is 0 Å². The molecule has 30 heavy (non-hydrogen) atoms. The van der Waals surface area contributed by atoms with Crippen LogP contribution in [0.3, 0.4) is 0 Å². The number of carbonyl (C=O) groups is 3. The first kappa shape index (κ1) is 21.5. The molecule has 2 amide bonds. The molecule has 10 nitrogen and oxygen atoms in total. The highest BCUT2D eigenvalue weighted by molar-refractivity contribution is 6.07. The van der Waals surface area contributed by atoms with Gasteiger partial charge >= 0.3 is 5.97 Å². The van der Waals surface area contributed by atoms with Gasteiger partial charge in [-0.3, -0.25) is 19.2 Å². The van der Waals surface area contributed by atoms with E-state index >= 15 is 0 Å². The highest BCUT2D eigenvalue weighted by Crippen LogP contribution is 2.23. The molecule has 0 radical (unpaired) electrons. The lowest BCUT2D eigenvalue weighted by molar-refractivity contribution is -0.151. The Morgan fingerprint density at radius 2 is 2.10 bits per heavy atom. The quantitative estimate of drug-likeness (QED) is 0.657. The SMILES string of the molecule is CCOC(=O)C1CCCN(C(=O)CN(C)C(=O)c2c(C)oc3ncn(C)c(=O)c23)C1. The first-order valence-corrected chi connectivity index (χ1v) is 9.89. The largest absolute Gasteiger partial charge is 0.466 e. The molecule has 1 unspecified atom stereocenters. The lowest BCUT2D eigenvalue weighted by atomic mass is 9.98. The number of likely N-dealkylation sites (N-methyl/N-ethyl adjacent to an activating group) is 1. The number of rotatable bonds is 5. The molecular weight excluding hydrogens is 392 g/mol. The summed E-state index contributed by atoms with van der Waals surface area (Å²) in [6.45, 7) is 4.24. The van der Waals surface area contributed by atoms with Crippen molar-refractivity contribution in [3.05, 3.63) is 28.0 Å². The number of carbonyl (C=O) groups excluding carboxylic acids is 3. The Kier molecular flexibility index (Phi) is 6.23. The molecule has 0 spiro atoms. The summed E-state index contributed by atoms with van der Waals surface area (Å²) in [6.07, 6.45) is 2.69. The summed E-state index contributed by atoms with van der Waals surface area (Å²) in [7, 11) is 3.03. The van der Waals surface area contributed by atoms with Crippen molar-refractivity contribution in [3.63, 3.8) is 0 Å². The summed E-state index contributed by atoms with van der Waals surface area (Å²) in [5.74, 6) is -1.15. The van der Waals surface area contributed by atoms with E-state index in [2.05, 4.69) is 4.98 Å². The summed E-state index contributed by atoms with van der Waals surface area (Å²) in [5, 5.41) is 0.0992. The second-order valence-corrected chi connectivity index (χ2v) is 7.47. The van der Waals surface area contributed by atoms with E-state index in [1.54, 1.807) is 18.7 Å². The third kappa shape index (κ3) is 4.07. The molecule has 0 aliphatic carbocycles. The average molecular weight is 418 g/mol. The number of likely N-dealkylation sites (tertiary alicyclic amines) is 1. The van der Waals surface area contributed by atoms with E-state index in [9.17, 15) is 19.2 Å². The summed E-state index contributed by atoms with van der Waals surface area (Å²) in [4.78, 5) is 57.1. The van der Waals surface area contributed by atoms with E-state index in [0.717, 1.165) is 0 Å². The third-order valence-electron chi connectivity index (χ3n) is 5.28. The second-order valence-electron chi connectivity index (χ2n) is 7.47. The molecule has 0 aromatic carbocycles. The second kappa shape index (κ2) is 8.68. The van der Waals surface area contributed by atoms with Crippen molar-refractivity contribution < 1.29 is 23.5 Å². The van der Waals surface area contributed by atoms with Gasteiger partial charge in [0.2, 0.25) is 11.6 Å². The molecule has 0 saturated carbocycles. The van der Waals surface area contributed by atoms with Crippen molar-refractivity contribution in [2.75, 3.05) is 33.3 Å². The first-order valence-electron chi connectivity index (χ1n) is 9.89. The van der Waals surface area contributed by atoms with Crippen LogP contribution in [0.25, 0.3) is 11.1 Å². The van der Waals surface area contributed by atoms with Gasteiger partial charge in [0.05, 0.1) is 24.6 Å². The third-order valence-corrected chi connectivity index (χ3v) is 5.28. The van der Waals surface area contributed by atoms with Crippen molar-refractivity contribution in [1.29, 1.82) is 0 Å². The molecule has 1 saturated heterocycles. The van der Waals surface area contributed by atoms with Crippen molar-refractivity contribution in [2.24, 2.45) is 13.0 Å². The number of aromatic nitrogens is 2. The van der Waals surface area contributed by atoms with Crippen LogP contribution < -0.4 is 5.56 Å². The molecule has 3 heterocycles. The highest BCUT2D eigenvalue weighted by Gasteiger charge is 2.31. The van der Waals surface area contributed by atoms with E-state index in [4.69, 9.17) is 9.15 Å². The monoisotopic (exact) mass is 418 g/mol. The molecular formula is C20H26N4O6. The maximum absolute atomic E-state index is 13.0. The van der Waals surface area contributed by atoms with Crippen LogP contribution in [0.2, 0.25) is 0 Å². The van der Waals surface area contributed by atoms with E-state index in [1.165, 1.54) is 29.9 Å². The fourth-order valence-electron chi connectivity index (χ4n) is 3.67. The van der Waals surface area contributed by atoms with Gasteiger partial charge in [0.15, 0.2) is 0 Å². The van der Waals surface area contributed by atoms with Crippen LogP contribution in [-0.4, -0.2) is 70.4 Å². The molecule has 3 rings (SSSR count). The molecule has 1 atom stereocenters. The van der Waals surface area contributed by atoms with E-state index in [1.807, 2.05) is 0 Å². The summed E-state index contributed by atoms with van der Waals surface area (Å²) >= 11 is 0. The number of ether oxygens (including phenoxy) is 1. The number of hydrogen-bond donors (Lipinski definition) is 0. The predicted molar refractivity (Wildman–Crippen MR) is 107 cm³/mol. The zero-order valence-electron chi connectivity index (χ0n) is 17.6. The number of esters is 1. The number of nitrogens with zero attached hydrogens (tertiary/aromatic N) is 4. The first-order chi connectivity index (χ1) is 14.2.